The van der Waals surface area contributed by atoms with Crippen molar-refractivity contribution in [1.29, 1.82) is 0 Å². The van der Waals surface area contributed by atoms with Crippen molar-refractivity contribution >= 4 is 35.0 Å². The van der Waals surface area contributed by atoms with E-state index in [1.54, 1.807) is 30.3 Å². The van der Waals surface area contributed by atoms with Crippen molar-refractivity contribution in [2.75, 3.05) is 5.32 Å². The van der Waals surface area contributed by atoms with Crippen LogP contribution in [0.2, 0.25) is 0 Å². The maximum atomic E-state index is 12.6. The van der Waals surface area contributed by atoms with Crippen LogP contribution in [0, 0.1) is 0 Å². The largest absolute Gasteiger partial charge is 0.480 e. The molecule has 4 aromatic rings. The van der Waals surface area contributed by atoms with Crippen LogP contribution >= 0.6 is 11.3 Å². The summed E-state index contributed by atoms with van der Waals surface area (Å²) in [6, 6.07) is 26.0. The molecule has 0 radical (unpaired) electrons. The molecule has 0 unspecified atom stereocenters. The van der Waals surface area contributed by atoms with Gasteiger partial charge in [0.1, 0.15) is 10.9 Å². The highest BCUT2D eigenvalue weighted by Gasteiger charge is 2.23. The zero-order chi connectivity index (χ0) is 24.8. The summed E-state index contributed by atoms with van der Waals surface area (Å²) < 4.78 is 0. The predicted octanol–water partition coefficient (Wildman–Crippen LogP) is 5.60. The third-order valence-electron chi connectivity index (χ3n) is 5.31. The minimum atomic E-state index is -1.19. The van der Waals surface area contributed by atoms with Gasteiger partial charge in [-0.3, -0.25) is 0 Å². The molecule has 1 atom stereocenters. The van der Waals surface area contributed by atoms with Crippen LogP contribution in [0.4, 0.5) is 10.5 Å². The molecule has 0 aliphatic rings. The summed E-state index contributed by atoms with van der Waals surface area (Å²) in [4.78, 5) is 36.7. The van der Waals surface area contributed by atoms with Crippen molar-refractivity contribution in [3.63, 3.8) is 0 Å². The number of carbonyl (C=O) groups excluding carboxylic acids is 1. The highest BCUT2D eigenvalue weighted by molar-refractivity contribution is 7.18. The van der Waals surface area contributed by atoms with Crippen LogP contribution in [-0.2, 0) is 11.2 Å². The molecule has 1 aromatic heterocycles. The molecule has 7 nitrogen and oxygen atoms in total. The Labute approximate surface area is 205 Å². The van der Waals surface area contributed by atoms with E-state index in [-0.39, 0.29) is 17.0 Å². The topological polar surface area (TPSA) is 116 Å². The Kier molecular flexibility index (Phi) is 7.23. The molecule has 1 heterocycles. The number of nitrogens with one attached hydrogen (secondary N) is 2. The molecule has 0 saturated heterocycles. The molecule has 3 aromatic carbocycles. The number of hydrogen-bond acceptors (Lipinski definition) is 4. The van der Waals surface area contributed by atoms with E-state index in [1.807, 2.05) is 60.7 Å². The van der Waals surface area contributed by atoms with Crippen molar-refractivity contribution in [3.05, 3.63) is 101 Å². The summed E-state index contributed by atoms with van der Waals surface area (Å²) in [5, 5.41) is 24.1. The molecule has 4 N–H and O–H groups in total. The molecule has 8 heteroatoms. The summed E-state index contributed by atoms with van der Waals surface area (Å²) >= 11 is 1.04. The monoisotopic (exact) mass is 486 g/mol. The van der Waals surface area contributed by atoms with Gasteiger partial charge >= 0.3 is 18.0 Å². The van der Waals surface area contributed by atoms with E-state index in [9.17, 15) is 24.6 Å². The van der Waals surface area contributed by atoms with Gasteiger partial charge in [0.05, 0.1) is 5.69 Å². The Hall–Kier alpha value is -4.43. The maximum absolute atomic E-state index is 12.6. The zero-order valence-electron chi connectivity index (χ0n) is 18.5. The molecule has 4 rings (SSSR count). The van der Waals surface area contributed by atoms with Crippen LogP contribution in [0.25, 0.3) is 21.6 Å². The van der Waals surface area contributed by atoms with Gasteiger partial charge in [-0.25, -0.2) is 14.4 Å². The summed E-state index contributed by atoms with van der Waals surface area (Å²) in [5.74, 6) is -2.37. The number of carboxylic acids is 2. The van der Waals surface area contributed by atoms with Gasteiger partial charge in [0.15, 0.2) is 0 Å². The van der Waals surface area contributed by atoms with E-state index in [4.69, 9.17) is 0 Å². The van der Waals surface area contributed by atoms with Gasteiger partial charge in [0.25, 0.3) is 0 Å². The molecule has 35 heavy (non-hydrogen) atoms. The number of aliphatic carboxylic acids is 1. The van der Waals surface area contributed by atoms with Crippen molar-refractivity contribution < 1.29 is 24.6 Å². The first-order chi connectivity index (χ1) is 16.9. The summed E-state index contributed by atoms with van der Waals surface area (Å²) in [5.41, 5.74) is 3.66. The molecule has 2 amide bonds. The number of rotatable bonds is 8. The Balaban J connectivity index is 1.55. The number of urea groups is 1. The normalized spacial score (nSPS) is 11.4. The fourth-order valence-electron chi connectivity index (χ4n) is 3.63. The minimum absolute atomic E-state index is 0.0461. The first kappa shape index (κ1) is 23.7. The zero-order valence-corrected chi connectivity index (χ0v) is 19.3. The van der Waals surface area contributed by atoms with Crippen LogP contribution < -0.4 is 10.6 Å². The standard InChI is InChI=1S/C27H22N2O5S/c30-25(31)22(14-17-8-3-1-4-9-17)29-27(34)28-21-16-23(35-24(21)26(32)33)20-13-7-12-19(15-20)18-10-5-2-6-11-18/h1-13,15-16,22H,14H2,(H,30,31)(H,32,33)(H2,28,29,34)/t22-/m0/s1. The molecule has 0 spiro atoms. The second-order valence-corrected chi connectivity index (χ2v) is 8.84. The Morgan fingerprint density at radius 2 is 1.40 bits per heavy atom. The molecule has 0 fully saturated rings. The molecule has 0 saturated carbocycles. The minimum Gasteiger partial charge on any atom is -0.480 e. The Morgan fingerprint density at radius 1 is 0.771 bits per heavy atom. The average Bonchev–Trinajstić information content (AvgIpc) is 3.29. The second-order valence-electron chi connectivity index (χ2n) is 7.78. The molecule has 176 valence electrons. The number of carboxylic acid groups (broad SMARTS) is 2. The predicted molar refractivity (Wildman–Crippen MR) is 136 cm³/mol. The molecule has 0 bridgehead atoms. The van der Waals surface area contributed by atoms with Gasteiger partial charge in [-0.2, -0.15) is 0 Å². The number of benzene rings is 3. The van der Waals surface area contributed by atoms with Crippen molar-refractivity contribution in [2.24, 2.45) is 0 Å². The summed E-state index contributed by atoms with van der Waals surface area (Å²) in [6.45, 7) is 0. The van der Waals surface area contributed by atoms with Gasteiger partial charge < -0.3 is 20.8 Å². The third-order valence-corrected chi connectivity index (χ3v) is 6.49. The van der Waals surface area contributed by atoms with Crippen molar-refractivity contribution in [1.82, 2.24) is 5.32 Å². The van der Waals surface area contributed by atoms with Crippen molar-refractivity contribution in [2.45, 2.75) is 12.5 Å². The lowest BCUT2D eigenvalue weighted by Gasteiger charge is -2.15. The van der Waals surface area contributed by atoms with Crippen LogP contribution in [0.1, 0.15) is 15.2 Å². The highest BCUT2D eigenvalue weighted by Crippen LogP contribution is 2.36. The van der Waals surface area contributed by atoms with Crippen LogP contribution in [-0.4, -0.2) is 34.2 Å². The molecular formula is C27H22N2O5S. The van der Waals surface area contributed by atoms with Crippen LogP contribution in [0.15, 0.2) is 91.0 Å². The van der Waals surface area contributed by atoms with Gasteiger partial charge in [0, 0.05) is 11.3 Å². The second kappa shape index (κ2) is 10.7. The van der Waals surface area contributed by atoms with Crippen LogP contribution in [0.5, 0.6) is 0 Å². The van der Waals surface area contributed by atoms with Crippen LogP contribution in [0.3, 0.4) is 0 Å². The fraction of sp³-hybridized carbons (Fsp3) is 0.0741. The molecule has 0 aliphatic heterocycles. The van der Waals surface area contributed by atoms with E-state index >= 15 is 0 Å². The molecule has 0 aliphatic carbocycles. The first-order valence-electron chi connectivity index (χ1n) is 10.8. The van der Waals surface area contributed by atoms with E-state index in [0.717, 1.165) is 33.6 Å². The number of anilines is 1. The SMILES string of the molecule is O=C(Nc1cc(-c2cccc(-c3ccccc3)c2)sc1C(=O)O)N[C@@H](Cc1ccccc1)C(=O)O. The van der Waals surface area contributed by atoms with E-state index in [2.05, 4.69) is 10.6 Å². The number of carbonyl (C=O) groups is 3. The molecular weight excluding hydrogens is 464 g/mol. The average molecular weight is 487 g/mol. The lowest BCUT2D eigenvalue weighted by molar-refractivity contribution is -0.139. The van der Waals surface area contributed by atoms with Gasteiger partial charge in [-0.15, -0.1) is 11.3 Å². The highest BCUT2D eigenvalue weighted by atomic mass is 32.1. The smallest absolute Gasteiger partial charge is 0.348 e. The lowest BCUT2D eigenvalue weighted by atomic mass is 10.0. The summed E-state index contributed by atoms with van der Waals surface area (Å²) in [6.07, 6.45) is 0.0938. The van der Waals surface area contributed by atoms with E-state index in [1.165, 1.54) is 0 Å². The van der Waals surface area contributed by atoms with Gasteiger partial charge in [-0.1, -0.05) is 78.9 Å². The quantitative estimate of drug-likeness (QED) is 0.259. The van der Waals surface area contributed by atoms with Gasteiger partial charge in [0.2, 0.25) is 0 Å². The van der Waals surface area contributed by atoms with E-state index < -0.39 is 24.0 Å². The third kappa shape index (κ3) is 5.93. The number of amides is 2. The Bertz CT molecular complexity index is 1350. The number of thiophene rings is 1. The lowest BCUT2D eigenvalue weighted by Crippen LogP contribution is -2.44. The number of aromatic carboxylic acids is 1. The first-order valence-corrected chi connectivity index (χ1v) is 11.6. The Morgan fingerprint density at radius 3 is 2.06 bits per heavy atom. The number of hydrogen-bond donors (Lipinski definition) is 4. The van der Waals surface area contributed by atoms with Crippen molar-refractivity contribution in [3.8, 4) is 21.6 Å². The van der Waals surface area contributed by atoms with E-state index in [0.29, 0.717) is 4.88 Å². The summed E-state index contributed by atoms with van der Waals surface area (Å²) in [7, 11) is 0. The van der Waals surface area contributed by atoms with Gasteiger partial charge in [-0.05, 0) is 34.4 Å². The maximum Gasteiger partial charge on any atom is 0.348 e. The fourth-order valence-corrected chi connectivity index (χ4v) is 4.58.